The quantitative estimate of drug-likeness (QED) is 0.152. The number of benzene rings is 8. The van der Waals surface area contributed by atoms with Crippen LogP contribution >= 0.6 is 0 Å². The normalized spacial score (nSPS) is 11.5. The molecule has 11 rings (SSSR count). The SMILES string of the molecule is Cc1cccc2oc(-c3ccc(N(c4ccc(-c5nc6ccccc6o5)cc4)c4ccc(-c5nc6cccc(-c7ccccc7)c6o5)c(-c5ccccc5)c4)cc3)nc12. The summed E-state index contributed by atoms with van der Waals surface area (Å²) in [6.07, 6.45) is 0. The maximum atomic E-state index is 6.68. The lowest BCUT2D eigenvalue weighted by atomic mass is 9.98. The second kappa shape index (κ2) is 14.2. The second-order valence-electron chi connectivity index (χ2n) is 14.5. The van der Waals surface area contributed by atoms with Crippen LogP contribution in [0.15, 0.2) is 201 Å². The van der Waals surface area contributed by atoms with Crippen molar-refractivity contribution in [2.45, 2.75) is 6.92 Å². The topological polar surface area (TPSA) is 81.3 Å². The fourth-order valence-corrected chi connectivity index (χ4v) is 7.78. The van der Waals surface area contributed by atoms with Gasteiger partial charge in [-0.25, -0.2) is 15.0 Å². The van der Waals surface area contributed by atoms with Crippen LogP contribution in [-0.2, 0) is 0 Å². The number of aromatic nitrogens is 3. The summed E-state index contributed by atoms with van der Waals surface area (Å²) in [5, 5.41) is 0. The third-order valence-electron chi connectivity index (χ3n) is 10.7. The molecule has 0 amide bonds. The molecule has 0 N–H and O–H groups in total. The molecule has 280 valence electrons. The molecule has 8 aromatic carbocycles. The first kappa shape index (κ1) is 34.2. The molecule has 0 fully saturated rings. The average Bonchev–Trinajstić information content (AvgIpc) is 4.06. The van der Waals surface area contributed by atoms with Crippen molar-refractivity contribution < 1.29 is 13.3 Å². The van der Waals surface area contributed by atoms with E-state index < -0.39 is 0 Å². The maximum Gasteiger partial charge on any atom is 0.227 e. The molecule has 0 bridgehead atoms. The number of para-hydroxylation sites is 4. The van der Waals surface area contributed by atoms with E-state index in [1.54, 1.807) is 0 Å². The van der Waals surface area contributed by atoms with Gasteiger partial charge in [0.2, 0.25) is 17.7 Å². The second-order valence-corrected chi connectivity index (χ2v) is 14.5. The zero-order chi connectivity index (χ0) is 39.3. The summed E-state index contributed by atoms with van der Waals surface area (Å²) in [6, 6.07) is 63.7. The van der Waals surface area contributed by atoms with Gasteiger partial charge < -0.3 is 18.2 Å². The van der Waals surface area contributed by atoms with E-state index in [1.165, 1.54) is 0 Å². The first-order chi connectivity index (χ1) is 29.1. The van der Waals surface area contributed by atoms with E-state index in [2.05, 4.69) is 114 Å². The van der Waals surface area contributed by atoms with Crippen LogP contribution in [0.25, 0.3) is 89.9 Å². The van der Waals surface area contributed by atoms with Crippen molar-refractivity contribution in [2.75, 3.05) is 4.90 Å². The van der Waals surface area contributed by atoms with Gasteiger partial charge >= 0.3 is 0 Å². The molecule has 7 heteroatoms. The van der Waals surface area contributed by atoms with Gasteiger partial charge in [-0.3, -0.25) is 0 Å². The van der Waals surface area contributed by atoms with Gasteiger partial charge in [0.15, 0.2) is 16.7 Å². The van der Waals surface area contributed by atoms with Crippen molar-refractivity contribution in [2.24, 2.45) is 0 Å². The minimum atomic E-state index is 0.556. The molecule has 0 aliphatic heterocycles. The summed E-state index contributed by atoms with van der Waals surface area (Å²) in [5.41, 5.74) is 15.5. The third-order valence-corrected chi connectivity index (χ3v) is 10.7. The number of aryl methyl sites for hydroxylation is 1. The summed E-state index contributed by atoms with van der Waals surface area (Å²) in [6.45, 7) is 2.05. The molecular formula is C52H34N4O3. The largest absolute Gasteiger partial charge is 0.436 e. The molecule has 0 spiro atoms. The van der Waals surface area contributed by atoms with Gasteiger partial charge in [-0.15, -0.1) is 0 Å². The number of anilines is 3. The first-order valence-corrected chi connectivity index (χ1v) is 19.5. The highest BCUT2D eigenvalue weighted by Crippen LogP contribution is 2.43. The Morgan fingerprint density at radius 1 is 0.373 bits per heavy atom. The summed E-state index contributed by atoms with van der Waals surface area (Å²) >= 11 is 0. The molecule has 3 aromatic heterocycles. The lowest BCUT2D eigenvalue weighted by Gasteiger charge is -2.27. The number of rotatable bonds is 8. The van der Waals surface area contributed by atoms with Crippen LogP contribution in [0.1, 0.15) is 5.56 Å². The van der Waals surface area contributed by atoms with Crippen LogP contribution in [0.2, 0.25) is 0 Å². The molecule has 3 heterocycles. The van der Waals surface area contributed by atoms with Crippen LogP contribution < -0.4 is 4.90 Å². The van der Waals surface area contributed by atoms with Gasteiger partial charge in [0, 0.05) is 39.3 Å². The third kappa shape index (κ3) is 6.22. The Morgan fingerprint density at radius 3 is 1.63 bits per heavy atom. The van der Waals surface area contributed by atoms with Crippen LogP contribution in [0.5, 0.6) is 0 Å². The minimum Gasteiger partial charge on any atom is -0.436 e. The Balaban J connectivity index is 1.04. The molecule has 0 atom stereocenters. The van der Waals surface area contributed by atoms with Crippen LogP contribution in [0, 0.1) is 6.92 Å². The number of nitrogens with zero attached hydrogens (tertiary/aromatic N) is 4. The zero-order valence-electron chi connectivity index (χ0n) is 31.9. The highest BCUT2D eigenvalue weighted by Gasteiger charge is 2.21. The van der Waals surface area contributed by atoms with Crippen molar-refractivity contribution in [1.82, 2.24) is 15.0 Å². The van der Waals surface area contributed by atoms with Gasteiger partial charge in [0.25, 0.3) is 0 Å². The molecule has 7 nitrogen and oxygen atoms in total. The predicted octanol–water partition coefficient (Wildman–Crippen LogP) is 14.2. The maximum absolute atomic E-state index is 6.68. The predicted molar refractivity (Wildman–Crippen MR) is 236 cm³/mol. The van der Waals surface area contributed by atoms with Crippen LogP contribution in [0.4, 0.5) is 17.1 Å². The van der Waals surface area contributed by atoms with Gasteiger partial charge in [0.1, 0.15) is 16.6 Å². The highest BCUT2D eigenvalue weighted by atomic mass is 16.4. The average molecular weight is 763 g/mol. The van der Waals surface area contributed by atoms with Gasteiger partial charge in [-0.1, -0.05) is 97.1 Å². The van der Waals surface area contributed by atoms with Gasteiger partial charge in [-0.2, -0.15) is 0 Å². The number of hydrogen-bond donors (Lipinski definition) is 0. The molecule has 0 saturated carbocycles. The molecule has 11 aromatic rings. The fourth-order valence-electron chi connectivity index (χ4n) is 7.78. The Bertz CT molecular complexity index is 3240. The lowest BCUT2D eigenvalue weighted by molar-refractivity contribution is 0.619. The molecule has 0 radical (unpaired) electrons. The lowest BCUT2D eigenvalue weighted by Crippen LogP contribution is -2.10. The van der Waals surface area contributed by atoms with Crippen molar-refractivity contribution in [3.05, 3.63) is 194 Å². The number of oxazole rings is 3. The molecule has 59 heavy (non-hydrogen) atoms. The van der Waals surface area contributed by atoms with Crippen LogP contribution in [0.3, 0.4) is 0 Å². The summed E-state index contributed by atoms with van der Waals surface area (Å²) in [4.78, 5) is 16.9. The molecule has 0 unspecified atom stereocenters. The molecule has 0 saturated heterocycles. The van der Waals surface area contributed by atoms with Crippen molar-refractivity contribution >= 4 is 50.4 Å². The van der Waals surface area contributed by atoms with E-state index in [-0.39, 0.29) is 0 Å². The summed E-state index contributed by atoms with van der Waals surface area (Å²) < 4.78 is 19.0. The molecule has 0 aliphatic rings. The van der Waals surface area contributed by atoms with E-state index in [0.29, 0.717) is 17.7 Å². The highest BCUT2D eigenvalue weighted by molar-refractivity contribution is 5.94. The van der Waals surface area contributed by atoms with Crippen molar-refractivity contribution in [3.8, 4) is 56.6 Å². The minimum absolute atomic E-state index is 0.556. The van der Waals surface area contributed by atoms with Gasteiger partial charge in [0.05, 0.1) is 0 Å². The van der Waals surface area contributed by atoms with E-state index in [0.717, 1.165) is 94.9 Å². The standard InChI is InChI=1S/C52H34N4O3/c1-33-12-10-21-47-48(33)55-51(58-47)37-24-28-39(29-25-37)56(38-26-22-36(23-27-38)50-53-44-18-8-9-20-46(44)57-50)40-30-31-42(43(32-40)35-15-6-3-7-16-35)52-54-45-19-11-17-41(49(45)59-52)34-13-4-2-5-14-34/h2-32H,1H3. The van der Waals surface area contributed by atoms with Gasteiger partial charge in [-0.05, 0) is 120 Å². The van der Waals surface area contributed by atoms with E-state index in [9.17, 15) is 0 Å². The first-order valence-electron chi connectivity index (χ1n) is 19.5. The van der Waals surface area contributed by atoms with Crippen LogP contribution in [-0.4, -0.2) is 15.0 Å². The van der Waals surface area contributed by atoms with E-state index in [1.807, 2.05) is 85.8 Å². The Labute approximate surface area is 339 Å². The van der Waals surface area contributed by atoms with Crippen molar-refractivity contribution in [1.29, 1.82) is 0 Å². The smallest absolute Gasteiger partial charge is 0.227 e. The zero-order valence-corrected chi connectivity index (χ0v) is 31.9. The Hall–Kier alpha value is -8.03. The summed E-state index contributed by atoms with van der Waals surface area (Å²) in [7, 11) is 0. The number of hydrogen-bond acceptors (Lipinski definition) is 7. The Morgan fingerprint density at radius 2 is 0.932 bits per heavy atom. The molecule has 0 aliphatic carbocycles. The number of fused-ring (bicyclic) bond motifs is 3. The molecular weight excluding hydrogens is 729 g/mol. The van der Waals surface area contributed by atoms with Crippen molar-refractivity contribution in [3.63, 3.8) is 0 Å². The Kier molecular flexibility index (Phi) is 8.22. The monoisotopic (exact) mass is 762 g/mol. The fraction of sp³-hybridized carbons (Fsp3) is 0.0192. The van der Waals surface area contributed by atoms with E-state index in [4.69, 9.17) is 28.2 Å². The summed E-state index contributed by atoms with van der Waals surface area (Å²) in [5.74, 6) is 1.72. The van der Waals surface area contributed by atoms with E-state index >= 15 is 0 Å².